The Morgan fingerprint density at radius 1 is 1.55 bits per heavy atom. The normalized spacial score (nSPS) is 10.3. The number of carbonyl (C=O) groups is 1. The number of aromatic nitrogens is 2. The molecular weight excluding hydrogens is 269 g/mol. The molecule has 0 fully saturated rings. The van der Waals surface area contributed by atoms with Gasteiger partial charge in [0.15, 0.2) is 5.82 Å². The summed E-state index contributed by atoms with van der Waals surface area (Å²) in [5.74, 6) is -1.38. The van der Waals surface area contributed by atoms with Crippen LogP contribution in [-0.4, -0.2) is 27.3 Å². The van der Waals surface area contributed by atoms with Crippen LogP contribution in [0.4, 0.5) is 10.1 Å². The van der Waals surface area contributed by atoms with E-state index in [2.05, 4.69) is 5.10 Å². The van der Waals surface area contributed by atoms with Crippen LogP contribution in [0.2, 0.25) is 0 Å². The van der Waals surface area contributed by atoms with Crippen LogP contribution < -0.4 is 0 Å². The fourth-order valence-electron chi connectivity index (χ4n) is 1.57. The SMILES string of the molecule is CCOC(=O)c1cnn(-c2ccc([N+](=O)[O-])cc2F)c1. The first kappa shape index (κ1) is 13.7. The number of nitro benzene ring substituents is 1. The summed E-state index contributed by atoms with van der Waals surface area (Å²) in [5.41, 5.74) is -0.181. The van der Waals surface area contributed by atoms with Gasteiger partial charge in [0.2, 0.25) is 0 Å². The number of nitrogens with zero attached hydrogens (tertiary/aromatic N) is 3. The van der Waals surface area contributed by atoms with Gasteiger partial charge in [0.25, 0.3) is 5.69 Å². The molecule has 1 aromatic carbocycles. The zero-order valence-corrected chi connectivity index (χ0v) is 10.4. The molecule has 0 atom stereocenters. The van der Waals surface area contributed by atoms with E-state index in [9.17, 15) is 19.3 Å². The fraction of sp³-hybridized carbons (Fsp3) is 0.167. The van der Waals surface area contributed by atoms with Gasteiger partial charge in [0.05, 0.1) is 29.4 Å². The Morgan fingerprint density at radius 2 is 2.30 bits per heavy atom. The molecule has 0 amide bonds. The molecule has 104 valence electrons. The highest BCUT2D eigenvalue weighted by molar-refractivity contribution is 5.88. The third-order valence-corrected chi connectivity index (χ3v) is 2.48. The lowest BCUT2D eigenvalue weighted by molar-refractivity contribution is -0.385. The van der Waals surface area contributed by atoms with E-state index in [0.717, 1.165) is 16.8 Å². The molecular formula is C12H10FN3O4. The standard InChI is InChI=1S/C12H10FN3O4/c1-2-20-12(17)8-6-14-15(7-8)11-4-3-9(16(18)19)5-10(11)13/h3-7H,2H2,1H3. The van der Waals surface area contributed by atoms with Gasteiger partial charge in [-0.05, 0) is 13.0 Å². The van der Waals surface area contributed by atoms with E-state index >= 15 is 0 Å². The van der Waals surface area contributed by atoms with Gasteiger partial charge in [0, 0.05) is 12.3 Å². The first-order valence-electron chi connectivity index (χ1n) is 5.69. The third kappa shape index (κ3) is 2.63. The highest BCUT2D eigenvalue weighted by Gasteiger charge is 2.15. The lowest BCUT2D eigenvalue weighted by Crippen LogP contribution is -2.03. The summed E-state index contributed by atoms with van der Waals surface area (Å²) in [5, 5.41) is 14.4. The van der Waals surface area contributed by atoms with E-state index in [4.69, 9.17) is 4.74 Å². The number of hydrogen-bond acceptors (Lipinski definition) is 5. The number of esters is 1. The molecule has 1 aromatic heterocycles. The molecule has 0 aliphatic rings. The molecule has 0 aliphatic carbocycles. The second-order valence-corrected chi connectivity index (χ2v) is 3.79. The average molecular weight is 279 g/mol. The number of benzene rings is 1. The van der Waals surface area contributed by atoms with Gasteiger partial charge in [-0.15, -0.1) is 0 Å². The number of rotatable bonds is 4. The first-order valence-corrected chi connectivity index (χ1v) is 5.69. The second kappa shape index (κ2) is 5.47. The van der Waals surface area contributed by atoms with Crippen LogP contribution in [0.15, 0.2) is 30.6 Å². The molecule has 0 radical (unpaired) electrons. The molecule has 0 N–H and O–H groups in total. The quantitative estimate of drug-likeness (QED) is 0.486. The van der Waals surface area contributed by atoms with Gasteiger partial charge in [-0.3, -0.25) is 10.1 Å². The monoisotopic (exact) mass is 279 g/mol. The summed E-state index contributed by atoms with van der Waals surface area (Å²) in [6, 6.07) is 3.17. The van der Waals surface area contributed by atoms with Crippen molar-refractivity contribution < 1.29 is 18.8 Å². The maximum absolute atomic E-state index is 13.8. The van der Waals surface area contributed by atoms with Crippen molar-refractivity contribution >= 4 is 11.7 Å². The number of hydrogen-bond donors (Lipinski definition) is 0. The van der Waals surface area contributed by atoms with Crippen molar-refractivity contribution in [3.05, 3.63) is 52.1 Å². The Bertz CT molecular complexity index is 668. The summed E-state index contributed by atoms with van der Waals surface area (Å²) in [6.45, 7) is 1.88. The van der Waals surface area contributed by atoms with Crippen molar-refractivity contribution in [1.82, 2.24) is 9.78 Å². The topological polar surface area (TPSA) is 87.3 Å². The van der Waals surface area contributed by atoms with E-state index in [0.29, 0.717) is 0 Å². The fourth-order valence-corrected chi connectivity index (χ4v) is 1.57. The minimum absolute atomic E-state index is 0.00569. The summed E-state index contributed by atoms with van der Waals surface area (Å²) in [7, 11) is 0. The van der Waals surface area contributed by atoms with Crippen LogP contribution in [0.3, 0.4) is 0 Å². The maximum Gasteiger partial charge on any atom is 0.341 e. The second-order valence-electron chi connectivity index (χ2n) is 3.79. The van der Waals surface area contributed by atoms with Crippen LogP contribution in [-0.2, 0) is 4.74 Å². The largest absolute Gasteiger partial charge is 0.462 e. The van der Waals surface area contributed by atoms with Crippen molar-refractivity contribution in [1.29, 1.82) is 0 Å². The van der Waals surface area contributed by atoms with E-state index in [-0.39, 0.29) is 23.5 Å². The maximum atomic E-state index is 13.8. The zero-order valence-electron chi connectivity index (χ0n) is 10.4. The van der Waals surface area contributed by atoms with Crippen LogP contribution in [0, 0.1) is 15.9 Å². The van der Waals surface area contributed by atoms with Gasteiger partial charge in [-0.2, -0.15) is 5.10 Å². The van der Waals surface area contributed by atoms with Crippen LogP contribution in [0.1, 0.15) is 17.3 Å². The average Bonchev–Trinajstić information content (AvgIpc) is 2.88. The molecule has 0 bridgehead atoms. The molecule has 0 saturated heterocycles. The van der Waals surface area contributed by atoms with Crippen molar-refractivity contribution in [2.45, 2.75) is 6.92 Å². The predicted octanol–water partition coefficient (Wildman–Crippen LogP) is 2.10. The zero-order chi connectivity index (χ0) is 14.7. The number of nitro groups is 1. The van der Waals surface area contributed by atoms with Crippen molar-refractivity contribution in [3.8, 4) is 5.69 Å². The summed E-state index contributed by atoms with van der Waals surface area (Å²) in [6.07, 6.45) is 2.53. The Hall–Kier alpha value is -2.77. The van der Waals surface area contributed by atoms with Crippen molar-refractivity contribution in [3.63, 3.8) is 0 Å². The molecule has 0 aliphatic heterocycles. The number of ether oxygens (including phenoxy) is 1. The number of non-ortho nitro benzene ring substituents is 1. The van der Waals surface area contributed by atoms with Crippen LogP contribution in [0.5, 0.6) is 0 Å². The Labute approximate surface area is 112 Å². The Morgan fingerprint density at radius 3 is 2.90 bits per heavy atom. The highest BCUT2D eigenvalue weighted by atomic mass is 19.1. The molecule has 2 rings (SSSR count). The minimum Gasteiger partial charge on any atom is -0.462 e. The van der Waals surface area contributed by atoms with Crippen LogP contribution in [0.25, 0.3) is 5.69 Å². The van der Waals surface area contributed by atoms with Crippen molar-refractivity contribution in [2.75, 3.05) is 6.61 Å². The number of carbonyl (C=O) groups excluding carboxylic acids is 1. The summed E-state index contributed by atoms with van der Waals surface area (Å²) < 4.78 is 19.7. The van der Waals surface area contributed by atoms with E-state index in [1.54, 1.807) is 6.92 Å². The van der Waals surface area contributed by atoms with Gasteiger partial charge >= 0.3 is 5.97 Å². The molecule has 2 aromatic rings. The molecule has 1 heterocycles. The number of halogens is 1. The molecule has 0 unspecified atom stereocenters. The molecule has 8 heteroatoms. The van der Waals surface area contributed by atoms with Gasteiger partial charge in [0.1, 0.15) is 5.69 Å². The predicted molar refractivity (Wildman–Crippen MR) is 66.1 cm³/mol. The van der Waals surface area contributed by atoms with E-state index in [1.807, 2.05) is 0 Å². The minimum atomic E-state index is -0.808. The van der Waals surface area contributed by atoms with Crippen LogP contribution >= 0.6 is 0 Å². The Kier molecular flexibility index (Phi) is 3.74. The molecule has 20 heavy (non-hydrogen) atoms. The third-order valence-electron chi connectivity index (χ3n) is 2.48. The van der Waals surface area contributed by atoms with Gasteiger partial charge in [-0.25, -0.2) is 13.9 Å². The first-order chi connectivity index (χ1) is 9.52. The molecule has 7 nitrogen and oxygen atoms in total. The lowest BCUT2D eigenvalue weighted by atomic mass is 10.2. The molecule has 0 spiro atoms. The highest BCUT2D eigenvalue weighted by Crippen LogP contribution is 2.19. The summed E-state index contributed by atoms with van der Waals surface area (Å²) in [4.78, 5) is 21.3. The Balaban J connectivity index is 2.33. The van der Waals surface area contributed by atoms with Gasteiger partial charge < -0.3 is 4.74 Å². The summed E-state index contributed by atoms with van der Waals surface area (Å²) >= 11 is 0. The van der Waals surface area contributed by atoms with E-state index in [1.165, 1.54) is 18.5 Å². The van der Waals surface area contributed by atoms with Crippen molar-refractivity contribution in [2.24, 2.45) is 0 Å². The van der Waals surface area contributed by atoms with Gasteiger partial charge in [-0.1, -0.05) is 0 Å². The van der Waals surface area contributed by atoms with E-state index < -0.39 is 16.7 Å². The smallest absolute Gasteiger partial charge is 0.341 e. The lowest BCUT2D eigenvalue weighted by Gasteiger charge is -2.02. The molecule has 0 saturated carbocycles.